The minimum Gasteiger partial charge on any atom is -0.478 e. The van der Waals surface area contributed by atoms with Crippen LogP contribution in [0.25, 0.3) is 5.57 Å². The number of carboxylic acids is 1. The van der Waals surface area contributed by atoms with Crippen LogP contribution >= 0.6 is 11.8 Å². The zero-order valence-corrected chi connectivity index (χ0v) is 15.6. The van der Waals surface area contributed by atoms with Gasteiger partial charge in [-0.05, 0) is 41.8 Å². The summed E-state index contributed by atoms with van der Waals surface area (Å²) in [6, 6.07) is 24.6. The predicted molar refractivity (Wildman–Crippen MR) is 111 cm³/mol. The lowest BCUT2D eigenvalue weighted by Gasteiger charge is -2.32. The summed E-state index contributed by atoms with van der Waals surface area (Å²) in [5.74, 6) is -0.984. The van der Waals surface area contributed by atoms with E-state index in [1.54, 1.807) is 0 Å². The summed E-state index contributed by atoms with van der Waals surface area (Å²) in [5, 5.41) is 9.06. The van der Waals surface area contributed by atoms with Crippen LogP contribution in [0.5, 0.6) is 0 Å². The maximum Gasteiger partial charge on any atom is 0.335 e. The van der Waals surface area contributed by atoms with Gasteiger partial charge < -0.3 is 10.0 Å². The van der Waals surface area contributed by atoms with Crippen molar-refractivity contribution in [3.63, 3.8) is 0 Å². The summed E-state index contributed by atoms with van der Waals surface area (Å²) in [6.07, 6.45) is 0.868. The second-order valence-corrected chi connectivity index (χ2v) is 7.50. The number of fused-ring (bicyclic) bond motifs is 2. The maximum atomic E-state index is 11.0. The fourth-order valence-electron chi connectivity index (χ4n) is 3.26. The number of carbonyl (C=O) groups is 1. The normalized spacial score (nSPS) is 12.2. The van der Waals surface area contributed by atoms with Crippen molar-refractivity contribution in [3.8, 4) is 0 Å². The van der Waals surface area contributed by atoms with Gasteiger partial charge in [-0.1, -0.05) is 66.9 Å². The first-order chi connectivity index (χ1) is 13.1. The molecule has 1 aliphatic rings. The van der Waals surface area contributed by atoms with Crippen molar-refractivity contribution >= 4 is 34.7 Å². The van der Waals surface area contributed by atoms with Crippen molar-refractivity contribution in [1.82, 2.24) is 0 Å². The molecule has 134 valence electrons. The Kier molecular flexibility index (Phi) is 4.73. The third kappa shape index (κ3) is 3.49. The number of nitrogens with zero attached hydrogens (tertiary/aromatic N) is 1. The fraction of sp³-hybridized carbons (Fsp3) is 0.0870. The number of aliphatic carboxylic acids is 1. The van der Waals surface area contributed by atoms with E-state index in [4.69, 9.17) is 5.11 Å². The molecule has 0 aromatic heterocycles. The van der Waals surface area contributed by atoms with Gasteiger partial charge in [0, 0.05) is 16.3 Å². The Labute approximate surface area is 163 Å². The highest BCUT2D eigenvalue weighted by molar-refractivity contribution is 7.99. The molecule has 0 bridgehead atoms. The minimum absolute atomic E-state index is 0.123. The van der Waals surface area contributed by atoms with Gasteiger partial charge in [0.25, 0.3) is 0 Å². The molecular formula is C23H19NO2S. The largest absolute Gasteiger partial charge is 0.478 e. The first-order valence-corrected chi connectivity index (χ1v) is 9.60. The molecular weight excluding hydrogens is 354 g/mol. The van der Waals surface area contributed by atoms with Crippen LogP contribution in [0.4, 0.5) is 11.4 Å². The molecule has 0 saturated carbocycles. The number of rotatable bonds is 5. The van der Waals surface area contributed by atoms with Crippen molar-refractivity contribution in [2.45, 2.75) is 16.2 Å². The average molecular weight is 373 g/mol. The third-order valence-electron chi connectivity index (χ3n) is 4.72. The van der Waals surface area contributed by atoms with E-state index in [0.29, 0.717) is 5.56 Å². The molecule has 0 radical (unpaired) electrons. The summed E-state index contributed by atoms with van der Waals surface area (Å²) < 4.78 is 0. The Balaban J connectivity index is 1.57. The molecule has 27 heavy (non-hydrogen) atoms. The molecule has 4 rings (SSSR count). The van der Waals surface area contributed by atoms with E-state index in [1.807, 2.05) is 36.0 Å². The van der Waals surface area contributed by atoms with Crippen molar-refractivity contribution in [1.29, 1.82) is 0 Å². The number of benzene rings is 3. The number of carboxylic acid groups (broad SMARTS) is 1. The van der Waals surface area contributed by atoms with Gasteiger partial charge in [0.15, 0.2) is 0 Å². The second kappa shape index (κ2) is 7.33. The Morgan fingerprint density at radius 2 is 1.44 bits per heavy atom. The highest BCUT2D eigenvalue weighted by atomic mass is 32.2. The van der Waals surface area contributed by atoms with E-state index in [0.717, 1.165) is 13.0 Å². The minimum atomic E-state index is -0.984. The highest BCUT2D eigenvalue weighted by Gasteiger charge is 2.22. The SMILES string of the molecule is C=C(C(=O)O)c1ccc(CCN2c3ccccc3Sc3ccccc32)cc1. The number of para-hydroxylation sites is 2. The fourth-order valence-corrected chi connectivity index (χ4v) is 4.35. The van der Waals surface area contributed by atoms with Gasteiger partial charge in [-0.3, -0.25) is 0 Å². The van der Waals surface area contributed by atoms with Gasteiger partial charge in [-0.2, -0.15) is 0 Å². The van der Waals surface area contributed by atoms with Gasteiger partial charge in [0.05, 0.1) is 16.9 Å². The third-order valence-corrected chi connectivity index (χ3v) is 5.85. The van der Waals surface area contributed by atoms with Crippen molar-refractivity contribution in [2.75, 3.05) is 11.4 Å². The lowest BCUT2D eigenvalue weighted by Crippen LogP contribution is -2.23. The Morgan fingerprint density at radius 3 is 2.00 bits per heavy atom. The van der Waals surface area contributed by atoms with Gasteiger partial charge in [0.2, 0.25) is 0 Å². The van der Waals surface area contributed by atoms with E-state index in [-0.39, 0.29) is 5.57 Å². The monoisotopic (exact) mass is 373 g/mol. The van der Waals surface area contributed by atoms with Crippen molar-refractivity contribution in [2.24, 2.45) is 0 Å². The summed E-state index contributed by atoms with van der Waals surface area (Å²) in [6.45, 7) is 4.47. The number of anilines is 2. The molecule has 0 atom stereocenters. The first-order valence-electron chi connectivity index (χ1n) is 8.78. The van der Waals surface area contributed by atoms with E-state index in [9.17, 15) is 4.79 Å². The van der Waals surface area contributed by atoms with Crippen LogP contribution in [-0.4, -0.2) is 17.6 Å². The van der Waals surface area contributed by atoms with Crippen LogP contribution in [0, 0.1) is 0 Å². The maximum absolute atomic E-state index is 11.0. The summed E-state index contributed by atoms with van der Waals surface area (Å²) in [4.78, 5) is 15.9. The van der Waals surface area contributed by atoms with E-state index in [2.05, 4.69) is 60.0 Å². The zero-order chi connectivity index (χ0) is 18.8. The first kappa shape index (κ1) is 17.4. The number of hydrogen-bond donors (Lipinski definition) is 1. The lowest BCUT2D eigenvalue weighted by molar-refractivity contribution is -0.130. The summed E-state index contributed by atoms with van der Waals surface area (Å²) in [7, 11) is 0. The molecule has 3 nitrogen and oxygen atoms in total. The molecule has 0 aliphatic carbocycles. The predicted octanol–water partition coefficient (Wildman–Crippen LogP) is 5.63. The smallest absolute Gasteiger partial charge is 0.335 e. The Bertz CT molecular complexity index is 965. The van der Waals surface area contributed by atoms with Crippen LogP contribution in [0.3, 0.4) is 0 Å². The molecule has 1 aliphatic heterocycles. The van der Waals surface area contributed by atoms with Crippen molar-refractivity contribution in [3.05, 3.63) is 90.5 Å². The topological polar surface area (TPSA) is 40.5 Å². The van der Waals surface area contributed by atoms with Crippen LogP contribution in [0.2, 0.25) is 0 Å². The molecule has 3 aromatic rings. The average Bonchev–Trinajstić information content (AvgIpc) is 2.71. The molecule has 0 unspecified atom stereocenters. The van der Waals surface area contributed by atoms with Gasteiger partial charge in [-0.15, -0.1) is 0 Å². The van der Waals surface area contributed by atoms with Gasteiger partial charge in [-0.25, -0.2) is 4.79 Å². The van der Waals surface area contributed by atoms with Crippen LogP contribution < -0.4 is 4.90 Å². The number of hydrogen-bond acceptors (Lipinski definition) is 3. The molecule has 0 amide bonds. The van der Waals surface area contributed by atoms with E-state index < -0.39 is 5.97 Å². The molecule has 3 aromatic carbocycles. The molecule has 1 N–H and O–H groups in total. The quantitative estimate of drug-likeness (QED) is 0.589. The Hall–Kier alpha value is -2.98. The van der Waals surface area contributed by atoms with E-state index >= 15 is 0 Å². The van der Waals surface area contributed by atoms with E-state index in [1.165, 1.54) is 26.7 Å². The molecule has 0 fully saturated rings. The summed E-state index contributed by atoms with van der Waals surface area (Å²) in [5.41, 5.74) is 4.41. The van der Waals surface area contributed by atoms with Crippen molar-refractivity contribution < 1.29 is 9.90 Å². The zero-order valence-electron chi connectivity index (χ0n) is 14.8. The molecule has 4 heteroatoms. The van der Waals surface area contributed by atoms with Crippen LogP contribution in [-0.2, 0) is 11.2 Å². The molecule has 0 spiro atoms. The molecule has 1 heterocycles. The highest BCUT2D eigenvalue weighted by Crippen LogP contribution is 2.47. The lowest BCUT2D eigenvalue weighted by atomic mass is 10.0. The van der Waals surface area contributed by atoms with Gasteiger partial charge in [0.1, 0.15) is 0 Å². The second-order valence-electron chi connectivity index (χ2n) is 6.42. The summed E-state index contributed by atoms with van der Waals surface area (Å²) >= 11 is 1.81. The van der Waals surface area contributed by atoms with Gasteiger partial charge >= 0.3 is 5.97 Å². The van der Waals surface area contributed by atoms with Crippen LogP contribution in [0.15, 0.2) is 89.2 Å². The van der Waals surface area contributed by atoms with Crippen LogP contribution in [0.1, 0.15) is 11.1 Å². The standard InChI is InChI=1S/C23H19NO2S/c1-16(23(25)26)18-12-10-17(11-13-18)14-15-24-19-6-2-4-8-21(19)27-22-9-5-3-7-20(22)24/h2-13H,1,14-15H2,(H,25,26). The molecule has 0 saturated heterocycles. The Morgan fingerprint density at radius 1 is 0.889 bits per heavy atom.